The van der Waals surface area contributed by atoms with E-state index in [0.717, 1.165) is 17.1 Å². The highest BCUT2D eigenvalue weighted by atomic mass is 32.1. The topological polar surface area (TPSA) is 16.3 Å². The summed E-state index contributed by atoms with van der Waals surface area (Å²) in [6.07, 6.45) is 0. The number of para-hydroxylation sites is 2. The van der Waals surface area contributed by atoms with Gasteiger partial charge in [-0.3, -0.25) is 0 Å². The molecule has 10 aromatic carbocycles. The lowest BCUT2D eigenvalue weighted by Crippen LogP contribution is -2.60. The zero-order chi connectivity index (χ0) is 61.7. The molecule has 0 radical (unpaired) electrons. The Morgan fingerprint density at radius 1 is 0.315 bits per heavy atom. The standard InChI is InChI=1S/C82H77BN4S2/c1-78(2,3)48-28-35-53(36-29-48)85-68-45-55(84-63-25-19-16-22-56(63)57-23-17-20-26-64(57)84)46-69-73(68)83(77-74(85)61-44-52(82(13,14)15)34-41-71(61)89-77)62-47-67(87-65-39-32-50(80(7,8)9)42-59(65)60-43-51(81(10,11)12)33-40-66(60)87)72-58-24-18-21-27-70(58)88-76(72)75(62)86(69)54-37-30-49(31-38-54)79(4,5)6/h16-47H,1-15H3. The summed E-state index contributed by atoms with van der Waals surface area (Å²) in [5.41, 5.74) is 23.5. The summed E-state index contributed by atoms with van der Waals surface area (Å²) in [7, 11) is 0. The Hall–Kier alpha value is -8.36. The van der Waals surface area contributed by atoms with Crippen molar-refractivity contribution in [3.05, 3.63) is 222 Å². The van der Waals surface area contributed by atoms with E-state index < -0.39 is 0 Å². The van der Waals surface area contributed by atoms with Gasteiger partial charge >= 0.3 is 0 Å². The fraction of sp³-hybridized carbons (Fsp3) is 0.244. The fourth-order valence-electron chi connectivity index (χ4n) is 14.8. The molecule has 89 heavy (non-hydrogen) atoms. The van der Waals surface area contributed by atoms with Crippen LogP contribution in [0.5, 0.6) is 0 Å². The molecule has 0 unspecified atom stereocenters. The predicted molar refractivity (Wildman–Crippen MR) is 391 cm³/mol. The van der Waals surface area contributed by atoms with Gasteiger partial charge in [0.2, 0.25) is 0 Å². The van der Waals surface area contributed by atoms with E-state index in [2.05, 4.69) is 317 Å². The van der Waals surface area contributed by atoms with Crippen LogP contribution < -0.4 is 25.5 Å². The molecule has 0 amide bonds. The van der Waals surface area contributed by atoms with Crippen molar-refractivity contribution in [2.75, 3.05) is 9.80 Å². The van der Waals surface area contributed by atoms with Gasteiger partial charge in [-0.15, -0.1) is 22.7 Å². The number of hydrogen-bond donors (Lipinski definition) is 0. The van der Waals surface area contributed by atoms with Crippen molar-refractivity contribution >= 4 is 153 Å². The molecule has 0 N–H and O–H groups in total. The average molecular weight is 1190 g/mol. The number of aromatic nitrogens is 2. The maximum atomic E-state index is 2.70. The third kappa shape index (κ3) is 8.50. The molecule has 0 spiro atoms. The second-order valence-corrected chi connectivity index (χ2v) is 32.8. The minimum absolute atomic E-state index is 0.0223. The summed E-state index contributed by atoms with van der Waals surface area (Å²) in [5.74, 6) is 0. The minimum atomic E-state index is -0.149. The van der Waals surface area contributed by atoms with Gasteiger partial charge in [0.05, 0.1) is 49.5 Å². The maximum Gasteiger partial charge on any atom is 0.264 e. The van der Waals surface area contributed by atoms with Crippen LogP contribution in [0.1, 0.15) is 132 Å². The highest BCUT2D eigenvalue weighted by Crippen LogP contribution is 2.54. The van der Waals surface area contributed by atoms with Gasteiger partial charge in [-0.2, -0.15) is 0 Å². The number of nitrogens with zero attached hydrogens (tertiary/aromatic N) is 4. The smallest absolute Gasteiger partial charge is 0.264 e. The number of hydrogen-bond acceptors (Lipinski definition) is 4. The maximum absolute atomic E-state index is 2.70. The number of thiophene rings is 2. The third-order valence-corrected chi connectivity index (χ3v) is 22.1. The molecular weight excluding hydrogens is 1120 g/mol. The van der Waals surface area contributed by atoms with Gasteiger partial charge in [0.25, 0.3) is 6.71 Å². The van der Waals surface area contributed by atoms with Gasteiger partial charge in [-0.25, -0.2) is 0 Å². The van der Waals surface area contributed by atoms with Crippen LogP contribution in [0.2, 0.25) is 0 Å². The molecule has 4 nitrogen and oxygen atoms in total. The fourth-order valence-corrected chi connectivity index (χ4v) is 17.3. The first-order valence-electron chi connectivity index (χ1n) is 31.9. The van der Waals surface area contributed by atoms with E-state index in [4.69, 9.17) is 0 Å². The largest absolute Gasteiger partial charge is 0.310 e. The van der Waals surface area contributed by atoms with E-state index in [1.807, 2.05) is 22.7 Å². The summed E-state index contributed by atoms with van der Waals surface area (Å²) in [6.45, 7) is 34.9. The number of fused-ring (bicyclic) bond motifs is 16. The number of benzene rings is 10. The molecule has 0 atom stereocenters. The molecule has 2 aliphatic rings. The Bertz CT molecular complexity index is 5160. The second kappa shape index (κ2) is 19.1. The average Bonchev–Trinajstić information content (AvgIpc) is 1.67. The first-order chi connectivity index (χ1) is 42.3. The zero-order valence-corrected chi connectivity index (χ0v) is 55.8. The van der Waals surface area contributed by atoms with Crippen molar-refractivity contribution < 1.29 is 0 Å². The van der Waals surface area contributed by atoms with Crippen LogP contribution in [0.15, 0.2) is 194 Å². The first kappa shape index (κ1) is 55.9. The highest BCUT2D eigenvalue weighted by Gasteiger charge is 2.47. The number of rotatable bonds is 4. The van der Waals surface area contributed by atoms with Crippen molar-refractivity contribution in [2.24, 2.45) is 0 Å². The van der Waals surface area contributed by atoms with E-state index in [1.165, 1.54) is 146 Å². The van der Waals surface area contributed by atoms with Crippen LogP contribution in [0.4, 0.5) is 34.1 Å². The van der Waals surface area contributed by atoms with Crippen LogP contribution in [-0.4, -0.2) is 15.8 Å². The third-order valence-electron chi connectivity index (χ3n) is 19.7. The summed E-state index contributed by atoms with van der Waals surface area (Å²) >= 11 is 3.95. The molecule has 0 bridgehead atoms. The Balaban J connectivity index is 1.11. The van der Waals surface area contributed by atoms with E-state index in [1.54, 1.807) is 0 Å². The summed E-state index contributed by atoms with van der Waals surface area (Å²) < 4.78 is 10.4. The van der Waals surface area contributed by atoms with Crippen LogP contribution in [-0.2, 0) is 27.1 Å². The summed E-state index contributed by atoms with van der Waals surface area (Å²) in [4.78, 5) is 5.38. The molecule has 0 saturated heterocycles. The van der Waals surface area contributed by atoms with E-state index in [-0.39, 0.29) is 33.8 Å². The monoisotopic (exact) mass is 1190 g/mol. The van der Waals surface area contributed by atoms with Gasteiger partial charge in [-0.1, -0.05) is 201 Å². The predicted octanol–water partition coefficient (Wildman–Crippen LogP) is 22.0. The van der Waals surface area contributed by atoms with Crippen LogP contribution >= 0.6 is 22.7 Å². The normalized spacial score (nSPS) is 13.9. The Kier molecular flexibility index (Phi) is 12.0. The van der Waals surface area contributed by atoms with Crippen molar-refractivity contribution in [1.82, 2.24) is 9.13 Å². The zero-order valence-electron chi connectivity index (χ0n) is 54.2. The lowest BCUT2D eigenvalue weighted by atomic mass is 9.36. The van der Waals surface area contributed by atoms with Gasteiger partial charge < -0.3 is 18.9 Å². The molecule has 0 fully saturated rings. The van der Waals surface area contributed by atoms with E-state index in [0.29, 0.717) is 0 Å². The van der Waals surface area contributed by atoms with E-state index in [9.17, 15) is 0 Å². The van der Waals surface area contributed by atoms with Crippen molar-refractivity contribution in [3.63, 3.8) is 0 Å². The molecule has 4 aromatic heterocycles. The SMILES string of the molecule is CC(C)(C)c1ccc(N2c3cc(-n4c5ccccc5c5ccccc54)cc4c3B(c3cc(-n5c6ccc(C(C)(C)C)cc6c6cc(C(C)(C)C)ccc65)c5c(sc6ccccc65)c3N4c3ccc(C(C)(C)C)cc3)c3sc4ccc(C(C)(C)C)cc4c32)cc1. The Morgan fingerprint density at radius 3 is 1.24 bits per heavy atom. The van der Waals surface area contributed by atoms with Crippen molar-refractivity contribution in [3.8, 4) is 11.4 Å². The minimum Gasteiger partial charge on any atom is -0.310 e. The molecule has 2 aliphatic heterocycles. The summed E-state index contributed by atoms with van der Waals surface area (Å²) in [6, 6.07) is 76.1. The van der Waals surface area contributed by atoms with Crippen LogP contribution in [0.25, 0.3) is 85.2 Å². The molecule has 16 rings (SSSR count). The van der Waals surface area contributed by atoms with E-state index >= 15 is 0 Å². The second-order valence-electron chi connectivity index (χ2n) is 30.7. The van der Waals surface area contributed by atoms with Crippen LogP contribution in [0.3, 0.4) is 0 Å². The van der Waals surface area contributed by atoms with Crippen LogP contribution in [0, 0.1) is 0 Å². The Morgan fingerprint density at radius 2 is 0.730 bits per heavy atom. The number of anilines is 6. The molecule has 7 heteroatoms. The van der Waals surface area contributed by atoms with Crippen molar-refractivity contribution in [1.29, 1.82) is 0 Å². The highest BCUT2D eigenvalue weighted by molar-refractivity contribution is 7.34. The molecule has 440 valence electrons. The first-order valence-corrected chi connectivity index (χ1v) is 33.6. The quantitative estimate of drug-likeness (QED) is 0.163. The molecule has 0 aliphatic carbocycles. The van der Waals surface area contributed by atoms with Gasteiger partial charge in [0.1, 0.15) is 0 Å². The molecule has 14 aromatic rings. The Labute approximate surface area is 532 Å². The summed E-state index contributed by atoms with van der Waals surface area (Å²) in [5, 5.41) is 8.93. The van der Waals surface area contributed by atoms with Crippen molar-refractivity contribution in [2.45, 2.75) is 131 Å². The van der Waals surface area contributed by atoms with Gasteiger partial charge in [0, 0.05) is 74.6 Å². The molecule has 0 saturated carbocycles. The van der Waals surface area contributed by atoms with Gasteiger partial charge in [0.15, 0.2) is 0 Å². The van der Waals surface area contributed by atoms with Gasteiger partial charge in [-0.05, 0) is 163 Å². The lowest BCUT2D eigenvalue weighted by molar-refractivity contribution is 0.590. The lowest BCUT2D eigenvalue weighted by Gasteiger charge is -2.44. The molecule has 6 heterocycles. The molecular formula is C82H77BN4S2.